The highest BCUT2D eigenvalue weighted by molar-refractivity contribution is 5.69. The van der Waals surface area contributed by atoms with E-state index in [-0.39, 0.29) is 12.2 Å². The van der Waals surface area contributed by atoms with Gasteiger partial charge in [0, 0.05) is 6.54 Å². The largest absolute Gasteiger partial charge is 0.444 e. The summed E-state index contributed by atoms with van der Waals surface area (Å²) in [5.41, 5.74) is -0.924. The van der Waals surface area contributed by atoms with E-state index in [1.165, 1.54) is 0 Å². The summed E-state index contributed by atoms with van der Waals surface area (Å²) >= 11 is 0. The first-order valence-electron chi connectivity index (χ1n) is 7.23. The molecule has 7 heteroatoms. The number of nitrogens with one attached hydrogen (secondary N) is 1. The zero-order chi connectivity index (χ0) is 15.7. The Morgan fingerprint density at radius 1 is 1.52 bits per heavy atom. The van der Waals surface area contributed by atoms with Gasteiger partial charge in [0.05, 0.1) is 25.3 Å². The van der Waals surface area contributed by atoms with Gasteiger partial charge in [-0.25, -0.2) is 9.59 Å². The van der Waals surface area contributed by atoms with Crippen LogP contribution in [0.3, 0.4) is 0 Å². The zero-order valence-corrected chi connectivity index (χ0v) is 13.1. The molecule has 0 aromatic rings. The lowest BCUT2D eigenvalue weighted by atomic mass is 10.1. The maximum atomic E-state index is 12.0. The predicted octanol–water partition coefficient (Wildman–Crippen LogP) is 1.51. The van der Waals surface area contributed by atoms with Crippen molar-refractivity contribution in [2.24, 2.45) is 0 Å². The minimum absolute atomic E-state index is 0.259. The van der Waals surface area contributed by atoms with Crippen LogP contribution in [0.2, 0.25) is 0 Å². The summed E-state index contributed by atoms with van der Waals surface area (Å²) in [5, 5.41) is 2.58. The molecule has 2 aliphatic rings. The molecule has 0 spiro atoms. The molecule has 2 rings (SSSR count). The van der Waals surface area contributed by atoms with Gasteiger partial charge in [-0.05, 0) is 34.1 Å². The third-order valence-electron chi connectivity index (χ3n) is 3.45. The van der Waals surface area contributed by atoms with Crippen molar-refractivity contribution in [1.29, 1.82) is 0 Å². The molecular weight excluding hydrogens is 276 g/mol. The molecule has 2 amide bonds. The molecule has 0 bridgehead atoms. The predicted molar refractivity (Wildman–Crippen MR) is 75.1 cm³/mol. The second-order valence-corrected chi connectivity index (χ2v) is 6.82. The quantitative estimate of drug-likeness (QED) is 0.855. The Morgan fingerprint density at radius 3 is 2.81 bits per heavy atom. The fraction of sp³-hybridized carbons (Fsp3) is 0.857. The standard InChI is InChI=1S/C14H24N2O5/c1-13(2,3)21-12(18)16-6-5-14(4,9-16)19-8-10-7-15-11(17)20-10/h10H,5-9H2,1-4H3,(H,15,17). The van der Waals surface area contributed by atoms with Crippen molar-refractivity contribution in [3.8, 4) is 0 Å². The van der Waals surface area contributed by atoms with Gasteiger partial charge in [-0.2, -0.15) is 0 Å². The lowest BCUT2D eigenvalue weighted by molar-refractivity contribution is -0.0569. The number of ether oxygens (including phenoxy) is 3. The molecule has 2 aliphatic heterocycles. The summed E-state index contributed by atoms with van der Waals surface area (Å²) in [5.74, 6) is 0. The van der Waals surface area contributed by atoms with Crippen molar-refractivity contribution in [3.05, 3.63) is 0 Å². The van der Waals surface area contributed by atoms with Gasteiger partial charge in [0.25, 0.3) is 0 Å². The van der Waals surface area contributed by atoms with Crippen LogP contribution in [0.1, 0.15) is 34.1 Å². The van der Waals surface area contributed by atoms with Crippen LogP contribution >= 0.6 is 0 Å². The molecule has 1 N–H and O–H groups in total. The van der Waals surface area contributed by atoms with Crippen LogP contribution in [0.15, 0.2) is 0 Å². The number of amides is 2. The van der Waals surface area contributed by atoms with Gasteiger partial charge in [0.15, 0.2) is 0 Å². The second kappa shape index (κ2) is 5.71. The van der Waals surface area contributed by atoms with E-state index in [1.54, 1.807) is 4.90 Å². The van der Waals surface area contributed by atoms with Gasteiger partial charge in [-0.1, -0.05) is 0 Å². The van der Waals surface area contributed by atoms with E-state index in [0.717, 1.165) is 6.42 Å². The topological polar surface area (TPSA) is 77.1 Å². The summed E-state index contributed by atoms with van der Waals surface area (Å²) in [4.78, 5) is 24.6. The Morgan fingerprint density at radius 2 is 2.24 bits per heavy atom. The molecular formula is C14H24N2O5. The normalized spacial score (nSPS) is 29.2. The third-order valence-corrected chi connectivity index (χ3v) is 3.45. The van der Waals surface area contributed by atoms with Crippen molar-refractivity contribution in [1.82, 2.24) is 10.2 Å². The average Bonchev–Trinajstić information content (AvgIpc) is 2.92. The van der Waals surface area contributed by atoms with E-state index in [4.69, 9.17) is 14.2 Å². The number of hydrogen-bond donors (Lipinski definition) is 1. The Balaban J connectivity index is 1.80. The van der Waals surface area contributed by atoms with Crippen LogP contribution in [-0.2, 0) is 14.2 Å². The zero-order valence-electron chi connectivity index (χ0n) is 13.1. The molecule has 2 unspecified atom stereocenters. The number of rotatable bonds is 3. The molecule has 0 aliphatic carbocycles. The van der Waals surface area contributed by atoms with Crippen LogP contribution < -0.4 is 5.32 Å². The molecule has 120 valence electrons. The molecule has 2 heterocycles. The minimum atomic E-state index is -0.499. The maximum Gasteiger partial charge on any atom is 0.410 e. The molecule has 7 nitrogen and oxygen atoms in total. The van der Waals surface area contributed by atoms with E-state index >= 15 is 0 Å². The fourth-order valence-corrected chi connectivity index (χ4v) is 2.35. The van der Waals surface area contributed by atoms with Gasteiger partial charge in [0.1, 0.15) is 11.7 Å². The van der Waals surface area contributed by atoms with Crippen LogP contribution in [-0.4, -0.2) is 60.6 Å². The highest BCUT2D eigenvalue weighted by atomic mass is 16.6. The van der Waals surface area contributed by atoms with Gasteiger partial charge < -0.3 is 24.4 Å². The van der Waals surface area contributed by atoms with E-state index in [0.29, 0.717) is 26.2 Å². The Hall–Kier alpha value is -1.50. The van der Waals surface area contributed by atoms with Crippen LogP contribution in [0.5, 0.6) is 0 Å². The number of alkyl carbamates (subject to hydrolysis) is 1. The molecule has 2 saturated heterocycles. The van der Waals surface area contributed by atoms with Crippen molar-refractivity contribution in [2.75, 3.05) is 26.2 Å². The summed E-state index contributed by atoms with van der Waals surface area (Å²) in [7, 11) is 0. The number of carbonyl (C=O) groups is 2. The minimum Gasteiger partial charge on any atom is -0.444 e. The van der Waals surface area contributed by atoms with Gasteiger partial charge in [-0.15, -0.1) is 0 Å². The first-order valence-corrected chi connectivity index (χ1v) is 7.23. The van der Waals surface area contributed by atoms with E-state index in [9.17, 15) is 9.59 Å². The lowest BCUT2D eigenvalue weighted by Gasteiger charge is -2.28. The number of nitrogens with zero attached hydrogens (tertiary/aromatic N) is 1. The Bertz CT molecular complexity index is 420. The molecule has 0 radical (unpaired) electrons. The summed E-state index contributed by atoms with van der Waals surface area (Å²) in [6.07, 6.45) is -0.246. The van der Waals surface area contributed by atoms with Crippen LogP contribution in [0.25, 0.3) is 0 Å². The maximum absolute atomic E-state index is 12.0. The van der Waals surface area contributed by atoms with Gasteiger partial charge in [-0.3, -0.25) is 0 Å². The number of cyclic esters (lactones) is 1. The molecule has 21 heavy (non-hydrogen) atoms. The highest BCUT2D eigenvalue weighted by Crippen LogP contribution is 2.27. The number of hydrogen-bond acceptors (Lipinski definition) is 5. The van der Waals surface area contributed by atoms with E-state index in [1.807, 2.05) is 27.7 Å². The van der Waals surface area contributed by atoms with Gasteiger partial charge in [0.2, 0.25) is 0 Å². The van der Waals surface area contributed by atoms with Crippen molar-refractivity contribution < 1.29 is 23.8 Å². The van der Waals surface area contributed by atoms with Gasteiger partial charge >= 0.3 is 12.2 Å². The fourth-order valence-electron chi connectivity index (χ4n) is 2.35. The summed E-state index contributed by atoms with van der Waals surface area (Å²) < 4.78 is 16.3. The molecule has 0 aromatic carbocycles. The average molecular weight is 300 g/mol. The number of carbonyl (C=O) groups excluding carboxylic acids is 2. The monoisotopic (exact) mass is 300 g/mol. The second-order valence-electron chi connectivity index (χ2n) is 6.82. The number of likely N-dealkylation sites (tertiary alicyclic amines) is 1. The Labute approximate surface area is 124 Å². The summed E-state index contributed by atoms with van der Waals surface area (Å²) in [6.45, 7) is 9.38. The SMILES string of the molecule is CC(C)(C)OC(=O)N1CCC(C)(OCC2CNC(=O)O2)C1. The smallest absolute Gasteiger partial charge is 0.410 e. The lowest BCUT2D eigenvalue weighted by Crippen LogP contribution is -2.40. The van der Waals surface area contributed by atoms with Crippen LogP contribution in [0.4, 0.5) is 9.59 Å². The molecule has 0 saturated carbocycles. The van der Waals surface area contributed by atoms with Crippen molar-refractivity contribution in [2.45, 2.75) is 51.4 Å². The molecule has 0 aromatic heterocycles. The Kier molecular flexibility index (Phi) is 4.32. The first kappa shape index (κ1) is 15.9. The van der Waals surface area contributed by atoms with Crippen molar-refractivity contribution in [3.63, 3.8) is 0 Å². The van der Waals surface area contributed by atoms with E-state index < -0.39 is 17.3 Å². The third kappa shape index (κ3) is 4.49. The molecule has 2 fully saturated rings. The van der Waals surface area contributed by atoms with E-state index in [2.05, 4.69) is 5.32 Å². The highest BCUT2D eigenvalue weighted by Gasteiger charge is 2.39. The first-order chi connectivity index (χ1) is 9.67. The molecule has 2 atom stereocenters. The van der Waals surface area contributed by atoms with Crippen LogP contribution in [0, 0.1) is 0 Å². The summed E-state index contributed by atoms with van der Waals surface area (Å²) in [6, 6.07) is 0. The van der Waals surface area contributed by atoms with Crippen molar-refractivity contribution >= 4 is 12.2 Å².